The second-order valence-electron chi connectivity index (χ2n) is 8.27. The summed E-state index contributed by atoms with van der Waals surface area (Å²) in [6.07, 6.45) is 0.596. The first-order valence-corrected chi connectivity index (χ1v) is 11.8. The minimum absolute atomic E-state index is 0.0816. The number of rotatable bonds is 5. The van der Waals surface area contributed by atoms with E-state index < -0.39 is 0 Å². The number of benzene rings is 2. The van der Waals surface area contributed by atoms with E-state index in [1.54, 1.807) is 11.8 Å². The molecule has 0 spiro atoms. The monoisotopic (exact) mass is 448 g/mol. The van der Waals surface area contributed by atoms with E-state index in [1.165, 1.54) is 11.1 Å². The van der Waals surface area contributed by atoms with Crippen LogP contribution < -0.4 is 0 Å². The zero-order valence-electron chi connectivity index (χ0n) is 18.7. The highest BCUT2D eigenvalue weighted by atomic mass is 32.1. The summed E-state index contributed by atoms with van der Waals surface area (Å²) >= 11 is 1.12. The Labute approximate surface area is 193 Å². The Morgan fingerprint density at radius 1 is 1.12 bits per heavy atom. The molecule has 2 heterocycles. The van der Waals surface area contributed by atoms with Crippen LogP contribution in [0.1, 0.15) is 33.4 Å². The molecule has 1 aliphatic heterocycles. The number of carbonyl (C=O) groups is 2. The van der Waals surface area contributed by atoms with Gasteiger partial charge in [0.15, 0.2) is 0 Å². The number of aromatic nitrogens is 2. The molecule has 32 heavy (non-hydrogen) atoms. The number of amides is 2. The van der Waals surface area contributed by atoms with Gasteiger partial charge in [0.05, 0.1) is 11.6 Å². The second kappa shape index (κ2) is 9.61. The minimum atomic E-state index is -0.283. The smallest absolute Gasteiger partial charge is 0.267 e. The van der Waals surface area contributed by atoms with Gasteiger partial charge in [0.25, 0.3) is 5.91 Å². The Hall–Kier alpha value is -3.06. The minimum Gasteiger partial charge on any atom is -0.341 e. The first kappa shape index (κ1) is 22.1. The molecule has 1 fully saturated rings. The lowest BCUT2D eigenvalue weighted by atomic mass is 9.93. The average molecular weight is 449 g/mol. The zero-order chi connectivity index (χ0) is 22.7. The summed E-state index contributed by atoms with van der Waals surface area (Å²) < 4.78 is 3.91. The van der Waals surface area contributed by atoms with Crippen molar-refractivity contribution in [2.75, 3.05) is 26.2 Å². The van der Waals surface area contributed by atoms with Gasteiger partial charge in [-0.3, -0.25) is 9.59 Å². The number of nitrogens with zero attached hydrogens (tertiary/aromatic N) is 4. The maximum atomic E-state index is 13.3. The molecule has 3 aromatic rings. The lowest BCUT2D eigenvalue weighted by molar-refractivity contribution is -0.134. The molecule has 2 aromatic carbocycles. The molecule has 0 unspecified atom stereocenters. The molecule has 0 bridgehead atoms. The van der Waals surface area contributed by atoms with Crippen LogP contribution in [0.4, 0.5) is 0 Å². The fraction of sp³-hybridized carbons (Fsp3) is 0.360. The molecule has 6 nitrogen and oxygen atoms in total. The largest absolute Gasteiger partial charge is 0.341 e. The molecule has 1 saturated heterocycles. The van der Waals surface area contributed by atoms with Crippen LogP contribution in [-0.2, 0) is 11.2 Å². The van der Waals surface area contributed by atoms with Crippen molar-refractivity contribution in [1.29, 1.82) is 0 Å². The van der Waals surface area contributed by atoms with E-state index in [4.69, 9.17) is 0 Å². The van der Waals surface area contributed by atoms with E-state index in [-0.39, 0.29) is 17.7 Å². The third kappa shape index (κ3) is 4.58. The standard InChI is InChI=1S/C25H28N4O2S/c1-4-28-12-13-29(25(31)23-18(3)26-27-32-23)16-21(24(28)30)15-19-9-7-10-20(14-19)22-11-6-5-8-17(22)2/h5-11,14,21H,4,12-13,15-16H2,1-3H3/t21-/m0/s1. The first-order valence-electron chi connectivity index (χ1n) is 11.0. The van der Waals surface area contributed by atoms with Crippen LogP contribution in [0.2, 0.25) is 0 Å². The normalized spacial score (nSPS) is 16.8. The molecule has 0 N–H and O–H groups in total. The van der Waals surface area contributed by atoms with Crippen LogP contribution in [0.5, 0.6) is 0 Å². The van der Waals surface area contributed by atoms with Crippen molar-refractivity contribution in [2.45, 2.75) is 27.2 Å². The molecular formula is C25H28N4O2S. The molecule has 2 amide bonds. The second-order valence-corrected chi connectivity index (χ2v) is 9.03. The van der Waals surface area contributed by atoms with Gasteiger partial charge in [0.1, 0.15) is 4.88 Å². The lowest BCUT2D eigenvalue weighted by Gasteiger charge is -2.23. The molecule has 4 rings (SSSR count). The van der Waals surface area contributed by atoms with E-state index in [9.17, 15) is 9.59 Å². The first-order chi connectivity index (χ1) is 15.5. The zero-order valence-corrected chi connectivity index (χ0v) is 19.6. The lowest BCUT2D eigenvalue weighted by Crippen LogP contribution is -2.37. The van der Waals surface area contributed by atoms with E-state index >= 15 is 0 Å². The molecular weight excluding hydrogens is 420 g/mol. The fourth-order valence-corrected chi connectivity index (χ4v) is 4.94. The predicted octanol–water partition coefficient (Wildman–Crippen LogP) is 3.99. The van der Waals surface area contributed by atoms with Gasteiger partial charge in [-0.2, -0.15) is 0 Å². The van der Waals surface area contributed by atoms with Crippen LogP contribution in [0.25, 0.3) is 11.1 Å². The number of aryl methyl sites for hydroxylation is 2. The van der Waals surface area contributed by atoms with Crippen LogP contribution in [-0.4, -0.2) is 57.4 Å². The van der Waals surface area contributed by atoms with Crippen molar-refractivity contribution in [1.82, 2.24) is 19.4 Å². The van der Waals surface area contributed by atoms with Gasteiger partial charge in [-0.25, -0.2) is 0 Å². The third-order valence-electron chi connectivity index (χ3n) is 6.12. The van der Waals surface area contributed by atoms with E-state index in [1.807, 2.05) is 30.0 Å². The highest BCUT2D eigenvalue weighted by Crippen LogP contribution is 2.26. The van der Waals surface area contributed by atoms with Crippen molar-refractivity contribution in [3.8, 4) is 11.1 Å². The fourth-order valence-electron chi connectivity index (χ4n) is 4.31. The van der Waals surface area contributed by atoms with Crippen molar-refractivity contribution >= 4 is 23.3 Å². The van der Waals surface area contributed by atoms with Crippen molar-refractivity contribution in [2.24, 2.45) is 5.92 Å². The number of hydrogen-bond acceptors (Lipinski definition) is 5. The van der Waals surface area contributed by atoms with Gasteiger partial charge in [0.2, 0.25) is 5.91 Å². The van der Waals surface area contributed by atoms with Gasteiger partial charge < -0.3 is 9.80 Å². The Bertz CT molecular complexity index is 1130. The number of hydrogen-bond donors (Lipinski definition) is 0. The molecule has 0 radical (unpaired) electrons. The maximum Gasteiger partial charge on any atom is 0.267 e. The van der Waals surface area contributed by atoms with Crippen molar-refractivity contribution in [3.05, 3.63) is 70.2 Å². The van der Waals surface area contributed by atoms with E-state index in [2.05, 4.69) is 46.8 Å². The molecule has 166 valence electrons. The summed E-state index contributed by atoms with van der Waals surface area (Å²) in [6.45, 7) is 8.01. The van der Waals surface area contributed by atoms with Crippen LogP contribution in [0.3, 0.4) is 0 Å². The maximum absolute atomic E-state index is 13.3. The molecule has 7 heteroatoms. The Morgan fingerprint density at radius 2 is 1.94 bits per heavy atom. The van der Waals surface area contributed by atoms with E-state index in [0.29, 0.717) is 43.2 Å². The molecule has 0 saturated carbocycles. The van der Waals surface area contributed by atoms with Gasteiger partial charge in [-0.05, 0) is 61.0 Å². The summed E-state index contributed by atoms with van der Waals surface area (Å²) in [6, 6.07) is 16.7. The highest BCUT2D eigenvalue weighted by molar-refractivity contribution is 7.07. The van der Waals surface area contributed by atoms with Crippen LogP contribution in [0.15, 0.2) is 48.5 Å². The molecule has 1 atom stereocenters. The van der Waals surface area contributed by atoms with Gasteiger partial charge in [0, 0.05) is 26.2 Å². The summed E-state index contributed by atoms with van der Waals surface area (Å²) in [5.74, 6) is -0.250. The van der Waals surface area contributed by atoms with Crippen LogP contribution >= 0.6 is 11.5 Å². The Kier molecular flexibility index (Phi) is 6.65. The van der Waals surface area contributed by atoms with Crippen molar-refractivity contribution < 1.29 is 9.59 Å². The van der Waals surface area contributed by atoms with Gasteiger partial charge in [-0.15, -0.1) is 5.10 Å². The summed E-state index contributed by atoms with van der Waals surface area (Å²) in [5, 5.41) is 3.98. The molecule has 1 aromatic heterocycles. The molecule has 0 aliphatic carbocycles. The Morgan fingerprint density at radius 3 is 2.66 bits per heavy atom. The number of likely N-dealkylation sites (N-methyl/N-ethyl adjacent to an activating group) is 1. The summed E-state index contributed by atoms with van der Waals surface area (Å²) in [4.78, 5) is 30.6. The summed E-state index contributed by atoms with van der Waals surface area (Å²) in [7, 11) is 0. The van der Waals surface area contributed by atoms with Gasteiger partial charge >= 0.3 is 0 Å². The highest BCUT2D eigenvalue weighted by Gasteiger charge is 2.33. The SMILES string of the molecule is CCN1CCN(C(=O)c2snnc2C)C[C@H](Cc2cccc(-c3ccccc3C)c2)C1=O. The molecule has 1 aliphatic rings. The third-order valence-corrected chi connectivity index (χ3v) is 6.94. The average Bonchev–Trinajstić information content (AvgIpc) is 3.16. The number of carbonyl (C=O) groups excluding carboxylic acids is 2. The van der Waals surface area contributed by atoms with Gasteiger partial charge in [-0.1, -0.05) is 53.0 Å². The van der Waals surface area contributed by atoms with E-state index in [0.717, 1.165) is 22.7 Å². The summed E-state index contributed by atoms with van der Waals surface area (Å²) in [5.41, 5.74) is 5.31. The Balaban J connectivity index is 1.60. The quantitative estimate of drug-likeness (QED) is 0.592. The predicted molar refractivity (Wildman–Crippen MR) is 127 cm³/mol. The van der Waals surface area contributed by atoms with Crippen molar-refractivity contribution in [3.63, 3.8) is 0 Å². The topological polar surface area (TPSA) is 66.4 Å². The van der Waals surface area contributed by atoms with Crippen LogP contribution in [0, 0.1) is 19.8 Å².